The summed E-state index contributed by atoms with van der Waals surface area (Å²) in [5.74, 6) is 5.75. The Kier molecular flexibility index (Phi) is 6.01. The highest BCUT2D eigenvalue weighted by Crippen LogP contribution is 2.36. The zero-order chi connectivity index (χ0) is 22.8. The van der Waals surface area contributed by atoms with Crippen molar-refractivity contribution in [3.63, 3.8) is 0 Å². The molecule has 1 aliphatic carbocycles. The van der Waals surface area contributed by atoms with Crippen LogP contribution < -0.4 is 4.74 Å². The van der Waals surface area contributed by atoms with Crippen molar-refractivity contribution in [1.29, 1.82) is 5.26 Å². The van der Waals surface area contributed by atoms with E-state index in [1.165, 1.54) is 0 Å². The first kappa shape index (κ1) is 21.6. The molecule has 1 aromatic carbocycles. The van der Waals surface area contributed by atoms with Crippen molar-refractivity contribution in [2.24, 2.45) is 22.9 Å². The van der Waals surface area contributed by atoms with Crippen molar-refractivity contribution in [1.82, 2.24) is 9.91 Å². The van der Waals surface area contributed by atoms with Gasteiger partial charge in [0.05, 0.1) is 36.3 Å². The smallest absolute Gasteiger partial charge is 0.298 e. The number of rotatable bonds is 3. The van der Waals surface area contributed by atoms with Gasteiger partial charge in [0.25, 0.3) is 5.91 Å². The van der Waals surface area contributed by atoms with Gasteiger partial charge in [-0.15, -0.1) is 0 Å². The van der Waals surface area contributed by atoms with Crippen molar-refractivity contribution in [2.75, 3.05) is 20.2 Å². The fourth-order valence-corrected chi connectivity index (χ4v) is 4.33. The summed E-state index contributed by atoms with van der Waals surface area (Å²) in [6.45, 7) is 4.77. The Morgan fingerprint density at radius 2 is 1.94 bits per heavy atom. The van der Waals surface area contributed by atoms with Gasteiger partial charge in [0, 0.05) is 31.0 Å². The minimum absolute atomic E-state index is 0.0161. The van der Waals surface area contributed by atoms with Crippen LogP contribution in [0.2, 0.25) is 0 Å². The summed E-state index contributed by atoms with van der Waals surface area (Å²) in [6, 6.07) is 7.76. The number of amides is 2. The van der Waals surface area contributed by atoms with E-state index in [4.69, 9.17) is 15.1 Å². The third kappa shape index (κ3) is 3.99. The Balaban J connectivity index is 1.67. The van der Waals surface area contributed by atoms with Crippen molar-refractivity contribution >= 4 is 17.5 Å². The predicted molar refractivity (Wildman–Crippen MR) is 119 cm³/mol. The quantitative estimate of drug-likeness (QED) is 0.545. The predicted octanol–water partition coefficient (Wildman–Crippen LogP) is 2.57. The van der Waals surface area contributed by atoms with Crippen LogP contribution in [-0.4, -0.2) is 53.7 Å². The monoisotopic (exact) mass is 430 g/mol. The Hall–Kier alpha value is -3.58. The van der Waals surface area contributed by atoms with E-state index in [1.54, 1.807) is 17.0 Å². The van der Waals surface area contributed by atoms with Gasteiger partial charge in [-0.2, -0.15) is 10.4 Å². The molecule has 2 amide bonds. The number of hydrazone groups is 1. The lowest BCUT2D eigenvalue weighted by molar-refractivity contribution is -0.139. The van der Waals surface area contributed by atoms with Crippen molar-refractivity contribution < 1.29 is 14.3 Å². The number of carbonyl (C=O) groups is 2. The molecule has 0 spiro atoms. The van der Waals surface area contributed by atoms with E-state index in [1.807, 2.05) is 32.0 Å². The first-order chi connectivity index (χ1) is 15.4. The number of carbonyl (C=O) groups excluding carboxylic acids is 2. The average molecular weight is 431 g/mol. The summed E-state index contributed by atoms with van der Waals surface area (Å²) in [4.78, 5) is 26.8. The van der Waals surface area contributed by atoms with E-state index in [0.29, 0.717) is 30.8 Å². The molecule has 7 heteroatoms. The van der Waals surface area contributed by atoms with E-state index < -0.39 is 0 Å². The topological polar surface area (TPSA) is 86.0 Å². The van der Waals surface area contributed by atoms with Gasteiger partial charge in [-0.1, -0.05) is 18.1 Å². The second-order valence-corrected chi connectivity index (χ2v) is 8.62. The Morgan fingerprint density at radius 1 is 1.22 bits per heavy atom. The maximum absolute atomic E-state index is 12.9. The standard InChI is InChI=1S/C25H26N4O3/c1-16(2)29-25(31)21-7-5-4-6-20(21)24(27-29)19-8-10-22(32-3)18(12-19)9-11-23(30)28-14-17(13-26)15-28/h4-5,8,10,12,16-17,20-21H,6-7,14-15H2,1-3H3/t20-,21+/m0/s1. The SMILES string of the molecule is COc1ccc(C2=NN(C(C)C)C(=O)[C@@H]3CC=CC[C@H]23)cc1C#CC(=O)N1CC(C#N)C1. The van der Waals surface area contributed by atoms with Crippen LogP contribution in [-0.2, 0) is 9.59 Å². The van der Waals surface area contributed by atoms with Crippen molar-refractivity contribution in [3.8, 4) is 23.7 Å². The van der Waals surface area contributed by atoms with Crippen LogP contribution >= 0.6 is 0 Å². The van der Waals surface area contributed by atoms with Crippen LogP contribution in [0.5, 0.6) is 5.75 Å². The third-order valence-electron chi connectivity index (χ3n) is 6.18. The average Bonchev–Trinajstić information content (AvgIpc) is 2.77. The van der Waals surface area contributed by atoms with E-state index in [0.717, 1.165) is 17.7 Å². The normalized spacial score (nSPS) is 22.3. The van der Waals surface area contributed by atoms with Crippen LogP contribution in [0.4, 0.5) is 0 Å². The highest BCUT2D eigenvalue weighted by Gasteiger charge is 2.40. The largest absolute Gasteiger partial charge is 0.495 e. The highest BCUT2D eigenvalue weighted by molar-refractivity contribution is 6.07. The number of benzene rings is 1. The van der Waals surface area contributed by atoms with E-state index >= 15 is 0 Å². The number of hydrogen-bond donors (Lipinski definition) is 0. The highest BCUT2D eigenvalue weighted by atomic mass is 16.5. The molecule has 7 nitrogen and oxygen atoms in total. The molecule has 3 aliphatic rings. The lowest BCUT2D eigenvalue weighted by atomic mass is 9.76. The van der Waals surface area contributed by atoms with Crippen molar-refractivity contribution in [2.45, 2.75) is 32.7 Å². The minimum Gasteiger partial charge on any atom is -0.495 e. The number of fused-ring (bicyclic) bond motifs is 1. The number of ether oxygens (including phenoxy) is 1. The molecule has 4 rings (SSSR count). The summed E-state index contributed by atoms with van der Waals surface area (Å²) in [7, 11) is 1.56. The van der Waals surface area contributed by atoms with Gasteiger partial charge in [-0.3, -0.25) is 9.59 Å². The molecule has 164 valence electrons. The molecule has 0 unspecified atom stereocenters. The molecule has 0 N–H and O–H groups in total. The molecule has 1 aromatic rings. The van der Waals surface area contributed by atoms with E-state index in [9.17, 15) is 9.59 Å². The number of hydrogen-bond acceptors (Lipinski definition) is 5. The van der Waals surface area contributed by atoms with Crippen LogP contribution in [0.15, 0.2) is 35.5 Å². The number of methoxy groups -OCH3 is 1. The van der Waals surface area contributed by atoms with Gasteiger partial charge < -0.3 is 9.64 Å². The number of nitriles is 1. The van der Waals surface area contributed by atoms with Crippen molar-refractivity contribution in [3.05, 3.63) is 41.5 Å². The molecular weight excluding hydrogens is 404 g/mol. The number of likely N-dealkylation sites (tertiary alicyclic amines) is 1. The van der Waals surface area contributed by atoms with Gasteiger partial charge in [-0.05, 0) is 50.5 Å². The summed E-state index contributed by atoms with van der Waals surface area (Å²) in [5, 5.41) is 15.2. The maximum atomic E-state index is 12.9. The van der Waals surface area contributed by atoms with E-state index in [2.05, 4.69) is 30.1 Å². The fraction of sp³-hybridized carbons (Fsp3) is 0.440. The summed E-state index contributed by atoms with van der Waals surface area (Å²) in [5.41, 5.74) is 2.33. The van der Waals surface area contributed by atoms with Crippen LogP contribution in [0.1, 0.15) is 37.8 Å². The van der Waals surface area contributed by atoms with Gasteiger partial charge >= 0.3 is 0 Å². The molecule has 2 heterocycles. The molecule has 32 heavy (non-hydrogen) atoms. The van der Waals surface area contributed by atoms with Gasteiger partial charge in [0.15, 0.2) is 0 Å². The molecule has 2 aliphatic heterocycles. The zero-order valence-electron chi connectivity index (χ0n) is 18.5. The number of allylic oxidation sites excluding steroid dienone is 2. The molecule has 0 bridgehead atoms. The lowest BCUT2D eigenvalue weighted by Crippen LogP contribution is -2.48. The molecule has 0 aromatic heterocycles. The van der Waals surface area contributed by atoms with E-state index in [-0.39, 0.29) is 35.6 Å². The molecule has 1 fully saturated rings. The molecule has 2 atom stereocenters. The third-order valence-corrected chi connectivity index (χ3v) is 6.18. The zero-order valence-corrected chi connectivity index (χ0v) is 18.5. The lowest BCUT2D eigenvalue weighted by Gasteiger charge is -2.38. The number of nitrogens with zero attached hydrogens (tertiary/aromatic N) is 4. The summed E-state index contributed by atoms with van der Waals surface area (Å²) in [6.07, 6.45) is 5.66. The second-order valence-electron chi connectivity index (χ2n) is 8.62. The Bertz CT molecular complexity index is 1100. The minimum atomic E-state index is -0.298. The molecule has 0 radical (unpaired) electrons. The van der Waals surface area contributed by atoms with Crippen LogP contribution in [0.25, 0.3) is 0 Å². The molecular formula is C25H26N4O3. The Labute approximate surface area is 188 Å². The first-order valence-electron chi connectivity index (χ1n) is 10.9. The summed E-state index contributed by atoms with van der Waals surface area (Å²) >= 11 is 0. The maximum Gasteiger partial charge on any atom is 0.298 e. The van der Waals surface area contributed by atoms with Gasteiger partial charge in [-0.25, -0.2) is 5.01 Å². The van der Waals surface area contributed by atoms with Gasteiger partial charge in [0.1, 0.15) is 5.75 Å². The van der Waals surface area contributed by atoms with Gasteiger partial charge in [0.2, 0.25) is 5.91 Å². The van der Waals surface area contributed by atoms with Crippen LogP contribution in [0, 0.1) is 40.9 Å². The second kappa shape index (κ2) is 8.88. The first-order valence-corrected chi connectivity index (χ1v) is 10.9. The fourth-order valence-electron chi connectivity index (χ4n) is 4.33. The van der Waals surface area contributed by atoms with Crippen LogP contribution in [0.3, 0.4) is 0 Å². The Morgan fingerprint density at radius 3 is 2.59 bits per heavy atom. The molecule has 1 saturated heterocycles. The summed E-state index contributed by atoms with van der Waals surface area (Å²) < 4.78 is 5.45. The molecule has 0 saturated carbocycles.